The van der Waals surface area contributed by atoms with Gasteiger partial charge in [-0.25, -0.2) is 4.79 Å². The summed E-state index contributed by atoms with van der Waals surface area (Å²) in [5, 5.41) is 8.97. The lowest BCUT2D eigenvalue weighted by atomic mass is 9.93. The number of hydrogen-bond donors (Lipinski definition) is 1. The predicted octanol–water partition coefficient (Wildman–Crippen LogP) is 1.42. The zero-order chi connectivity index (χ0) is 14.2. The summed E-state index contributed by atoms with van der Waals surface area (Å²) in [6.45, 7) is 1.76. The third kappa shape index (κ3) is 2.53. The number of hydrogen-bond acceptors (Lipinski definition) is 5. The van der Waals surface area contributed by atoms with Gasteiger partial charge < -0.3 is 19.0 Å². The van der Waals surface area contributed by atoms with Gasteiger partial charge in [0.1, 0.15) is 0 Å². The molecule has 0 saturated carbocycles. The largest absolute Gasteiger partial charge is 0.475 e. The van der Waals surface area contributed by atoms with E-state index in [1.807, 2.05) is 0 Å². The molecule has 3 atom stereocenters. The summed E-state index contributed by atoms with van der Waals surface area (Å²) >= 11 is 0. The maximum Gasteiger partial charge on any atom is 0.371 e. The highest BCUT2D eigenvalue weighted by atomic mass is 32.2. The molecule has 0 bridgehead atoms. The summed E-state index contributed by atoms with van der Waals surface area (Å²) in [5.41, 5.74) is -0.319. The fourth-order valence-corrected chi connectivity index (χ4v) is 4.20. The molecule has 2 fully saturated rings. The number of carbonyl (C=O) groups is 1. The van der Waals surface area contributed by atoms with Crippen molar-refractivity contribution in [1.82, 2.24) is 0 Å². The second-order valence-electron chi connectivity index (χ2n) is 5.17. The van der Waals surface area contributed by atoms with Crippen molar-refractivity contribution in [2.45, 2.75) is 35.2 Å². The molecule has 20 heavy (non-hydrogen) atoms. The van der Waals surface area contributed by atoms with E-state index < -0.39 is 16.8 Å². The van der Waals surface area contributed by atoms with Crippen LogP contribution in [0.4, 0.5) is 0 Å². The molecule has 3 unspecified atom stereocenters. The zero-order valence-electron chi connectivity index (χ0n) is 10.9. The van der Waals surface area contributed by atoms with Gasteiger partial charge in [0.05, 0.1) is 23.0 Å². The lowest BCUT2D eigenvalue weighted by molar-refractivity contribution is -0.0774. The van der Waals surface area contributed by atoms with Gasteiger partial charge in [0.25, 0.3) is 0 Å². The molecule has 3 heterocycles. The van der Waals surface area contributed by atoms with E-state index in [-0.39, 0.29) is 21.7 Å². The van der Waals surface area contributed by atoms with Gasteiger partial charge >= 0.3 is 5.97 Å². The normalized spacial score (nSPS) is 31.5. The number of carboxylic acids is 1. The van der Waals surface area contributed by atoms with E-state index in [0.29, 0.717) is 32.7 Å². The summed E-state index contributed by atoms with van der Waals surface area (Å²) < 4.78 is 28.8. The number of ether oxygens (including phenoxy) is 2. The van der Waals surface area contributed by atoms with Crippen molar-refractivity contribution in [1.29, 1.82) is 0 Å². The van der Waals surface area contributed by atoms with E-state index in [4.69, 9.17) is 19.0 Å². The number of furan rings is 1. The van der Waals surface area contributed by atoms with Crippen molar-refractivity contribution in [2.75, 3.05) is 19.8 Å². The Kier molecular flexibility index (Phi) is 3.66. The van der Waals surface area contributed by atoms with Gasteiger partial charge in [0.2, 0.25) is 5.76 Å². The van der Waals surface area contributed by atoms with Crippen LogP contribution in [0.15, 0.2) is 21.6 Å². The zero-order valence-corrected chi connectivity index (χ0v) is 11.7. The minimum Gasteiger partial charge on any atom is -0.475 e. The molecule has 2 aliphatic rings. The van der Waals surface area contributed by atoms with Crippen LogP contribution >= 0.6 is 0 Å². The van der Waals surface area contributed by atoms with Crippen molar-refractivity contribution in [3.63, 3.8) is 0 Å². The molecular formula is C13H16O6S. The first-order valence-corrected chi connectivity index (χ1v) is 7.76. The quantitative estimate of drug-likeness (QED) is 0.908. The summed E-state index contributed by atoms with van der Waals surface area (Å²) in [7, 11) is -1.35. The Hall–Kier alpha value is -1.18. The molecule has 1 aromatic heterocycles. The monoisotopic (exact) mass is 300 g/mol. The van der Waals surface area contributed by atoms with Crippen molar-refractivity contribution in [3.8, 4) is 0 Å². The van der Waals surface area contributed by atoms with Gasteiger partial charge in [-0.05, 0) is 25.0 Å². The molecule has 0 amide bonds. The van der Waals surface area contributed by atoms with Crippen molar-refractivity contribution < 1.29 is 28.0 Å². The van der Waals surface area contributed by atoms with E-state index >= 15 is 0 Å². The average molecular weight is 300 g/mol. The smallest absolute Gasteiger partial charge is 0.371 e. The van der Waals surface area contributed by atoms with E-state index in [1.165, 1.54) is 12.1 Å². The van der Waals surface area contributed by atoms with Crippen LogP contribution in [0, 0.1) is 0 Å². The maximum absolute atomic E-state index is 12.5. The predicted molar refractivity (Wildman–Crippen MR) is 69.2 cm³/mol. The standard InChI is InChI=1S/C13H16O6S/c14-12(15)10-1-2-11(19-10)20(16)9-3-5-18-13(7-9)4-6-17-8-13/h1-2,9H,3-8H2,(H,14,15). The Labute approximate surface area is 118 Å². The molecule has 1 aromatic rings. The summed E-state index contributed by atoms with van der Waals surface area (Å²) in [4.78, 5) is 10.8. The van der Waals surface area contributed by atoms with Crippen LogP contribution in [0.5, 0.6) is 0 Å². The average Bonchev–Trinajstić information content (AvgIpc) is 3.08. The Morgan fingerprint density at radius 1 is 1.40 bits per heavy atom. The molecule has 1 spiro atoms. The minimum atomic E-state index is -1.35. The van der Waals surface area contributed by atoms with E-state index in [0.717, 1.165) is 6.42 Å². The topological polar surface area (TPSA) is 86.0 Å². The van der Waals surface area contributed by atoms with Gasteiger partial charge in [-0.1, -0.05) is 0 Å². The van der Waals surface area contributed by atoms with Crippen molar-refractivity contribution in [2.24, 2.45) is 0 Å². The lowest BCUT2D eigenvalue weighted by Crippen LogP contribution is -2.43. The summed E-state index contributed by atoms with van der Waals surface area (Å²) in [6.07, 6.45) is 2.15. The van der Waals surface area contributed by atoms with Crippen molar-refractivity contribution in [3.05, 3.63) is 17.9 Å². The van der Waals surface area contributed by atoms with Crippen LogP contribution in [0.1, 0.15) is 29.8 Å². The highest BCUT2D eigenvalue weighted by Crippen LogP contribution is 2.36. The van der Waals surface area contributed by atoms with Crippen LogP contribution < -0.4 is 0 Å². The first-order valence-electron chi connectivity index (χ1n) is 6.55. The summed E-state index contributed by atoms with van der Waals surface area (Å²) in [5.74, 6) is -1.33. The van der Waals surface area contributed by atoms with Gasteiger partial charge in [-0.2, -0.15) is 0 Å². The van der Waals surface area contributed by atoms with Gasteiger partial charge in [-0.15, -0.1) is 0 Å². The fraction of sp³-hybridized carbons (Fsp3) is 0.615. The number of carboxylic acid groups (broad SMARTS) is 1. The Morgan fingerprint density at radius 3 is 2.90 bits per heavy atom. The van der Waals surface area contributed by atoms with Crippen LogP contribution in [-0.4, -0.2) is 46.0 Å². The third-order valence-electron chi connectivity index (χ3n) is 3.81. The second-order valence-corrected chi connectivity index (χ2v) is 6.83. The van der Waals surface area contributed by atoms with Crippen LogP contribution in [0.2, 0.25) is 0 Å². The Balaban J connectivity index is 1.74. The maximum atomic E-state index is 12.5. The summed E-state index contributed by atoms with van der Waals surface area (Å²) in [6, 6.07) is 2.82. The van der Waals surface area contributed by atoms with Crippen LogP contribution in [0.3, 0.4) is 0 Å². The minimum absolute atomic E-state index is 0.0850. The molecule has 6 nitrogen and oxygen atoms in total. The van der Waals surface area contributed by atoms with E-state index in [9.17, 15) is 9.00 Å². The molecular weight excluding hydrogens is 284 g/mol. The molecule has 2 saturated heterocycles. The van der Waals surface area contributed by atoms with Gasteiger partial charge in [-0.3, -0.25) is 4.21 Å². The fourth-order valence-electron chi connectivity index (χ4n) is 2.74. The highest BCUT2D eigenvalue weighted by molar-refractivity contribution is 7.85. The molecule has 7 heteroatoms. The molecule has 3 rings (SSSR count). The SMILES string of the molecule is O=C(O)c1ccc(S(=O)C2CCOC3(CCOC3)C2)o1. The van der Waals surface area contributed by atoms with E-state index in [2.05, 4.69) is 0 Å². The first-order chi connectivity index (χ1) is 9.60. The third-order valence-corrected chi connectivity index (χ3v) is 5.43. The molecule has 0 radical (unpaired) electrons. The van der Waals surface area contributed by atoms with Gasteiger partial charge in [0.15, 0.2) is 5.09 Å². The molecule has 110 valence electrons. The first kappa shape index (κ1) is 13.8. The molecule has 0 aliphatic carbocycles. The van der Waals surface area contributed by atoms with Crippen LogP contribution in [0.25, 0.3) is 0 Å². The van der Waals surface area contributed by atoms with Gasteiger partial charge in [0, 0.05) is 24.9 Å². The Morgan fingerprint density at radius 2 is 2.25 bits per heavy atom. The van der Waals surface area contributed by atoms with Crippen LogP contribution in [-0.2, 0) is 20.3 Å². The number of aromatic carboxylic acids is 1. The number of rotatable bonds is 3. The molecule has 0 aromatic carbocycles. The highest BCUT2D eigenvalue weighted by Gasteiger charge is 2.43. The lowest BCUT2D eigenvalue weighted by Gasteiger charge is -2.36. The van der Waals surface area contributed by atoms with E-state index in [1.54, 1.807) is 0 Å². The second kappa shape index (κ2) is 5.31. The molecule has 1 N–H and O–H groups in total. The van der Waals surface area contributed by atoms with Crippen molar-refractivity contribution >= 4 is 16.8 Å². The molecule has 2 aliphatic heterocycles. The Bertz CT molecular complexity index is 531.